The van der Waals surface area contributed by atoms with Crippen LogP contribution in [0.25, 0.3) is 0 Å². The zero-order chi connectivity index (χ0) is 21.6. The second-order valence-corrected chi connectivity index (χ2v) is 9.01. The lowest BCUT2D eigenvalue weighted by Gasteiger charge is -2.27. The predicted molar refractivity (Wildman–Crippen MR) is 117 cm³/mol. The van der Waals surface area contributed by atoms with Crippen LogP contribution in [0.3, 0.4) is 0 Å². The molecule has 29 heavy (non-hydrogen) atoms. The van der Waals surface area contributed by atoms with Gasteiger partial charge in [-0.15, -0.1) is 0 Å². The molecule has 158 valence electrons. The van der Waals surface area contributed by atoms with Crippen LogP contribution in [-0.4, -0.2) is 34.0 Å². The van der Waals surface area contributed by atoms with Crippen LogP contribution in [0.1, 0.15) is 26.7 Å². The van der Waals surface area contributed by atoms with E-state index < -0.39 is 22.5 Å². The molecule has 0 unspecified atom stereocenters. The monoisotopic (exact) mass is 458 g/mol. The molecule has 0 fully saturated rings. The van der Waals surface area contributed by atoms with E-state index in [1.54, 1.807) is 24.3 Å². The third-order valence-electron chi connectivity index (χ3n) is 4.45. The van der Waals surface area contributed by atoms with Crippen molar-refractivity contribution in [3.8, 4) is 5.75 Å². The number of nitrogens with one attached hydrogen (secondary N) is 1. The highest BCUT2D eigenvalue weighted by atomic mass is 35.5. The summed E-state index contributed by atoms with van der Waals surface area (Å²) in [5.74, 6) is -0.115. The van der Waals surface area contributed by atoms with Crippen molar-refractivity contribution in [3.63, 3.8) is 0 Å². The molecule has 0 aromatic heterocycles. The van der Waals surface area contributed by atoms with E-state index >= 15 is 0 Å². The predicted octanol–water partition coefficient (Wildman–Crippen LogP) is 4.50. The second-order valence-electron chi connectivity index (χ2n) is 6.34. The minimum absolute atomic E-state index is 0.00898. The van der Waals surface area contributed by atoms with Crippen molar-refractivity contribution in [2.75, 3.05) is 18.0 Å². The maximum atomic E-state index is 13.5. The van der Waals surface area contributed by atoms with E-state index in [1.165, 1.54) is 25.3 Å². The molecule has 9 heteroatoms. The number of hydrogen-bond donors (Lipinski definition) is 1. The molecular weight excluding hydrogens is 435 g/mol. The fraction of sp³-hybridized carbons (Fsp3) is 0.350. The number of benzene rings is 2. The van der Waals surface area contributed by atoms with Gasteiger partial charge in [-0.05, 0) is 43.2 Å². The van der Waals surface area contributed by atoms with Crippen LogP contribution in [0.15, 0.2) is 47.4 Å². The van der Waals surface area contributed by atoms with Crippen molar-refractivity contribution in [3.05, 3.63) is 52.5 Å². The van der Waals surface area contributed by atoms with Crippen LogP contribution in [-0.2, 0) is 14.8 Å². The van der Waals surface area contributed by atoms with Crippen LogP contribution in [0.2, 0.25) is 10.0 Å². The summed E-state index contributed by atoms with van der Waals surface area (Å²) >= 11 is 12.2. The van der Waals surface area contributed by atoms with Gasteiger partial charge in [0.1, 0.15) is 17.2 Å². The summed E-state index contributed by atoms with van der Waals surface area (Å²) in [6, 6.07) is 10.7. The summed E-state index contributed by atoms with van der Waals surface area (Å²) in [7, 11) is -2.78. The largest absolute Gasteiger partial charge is 0.495 e. The molecule has 0 radical (unpaired) electrons. The molecule has 0 saturated carbocycles. The Balaban J connectivity index is 2.55. The molecule has 0 aliphatic carbocycles. The average molecular weight is 459 g/mol. The minimum Gasteiger partial charge on any atom is -0.495 e. The molecule has 0 aliphatic heterocycles. The Morgan fingerprint density at radius 2 is 1.79 bits per heavy atom. The van der Waals surface area contributed by atoms with Gasteiger partial charge in [0.05, 0.1) is 17.8 Å². The fourth-order valence-electron chi connectivity index (χ4n) is 2.83. The summed E-state index contributed by atoms with van der Waals surface area (Å²) in [6.07, 6.45) is 1.48. The van der Waals surface area contributed by atoms with Crippen molar-refractivity contribution in [2.24, 2.45) is 0 Å². The van der Waals surface area contributed by atoms with Gasteiger partial charge in [0, 0.05) is 11.1 Å². The van der Waals surface area contributed by atoms with Crippen LogP contribution in [0.4, 0.5) is 5.69 Å². The first-order chi connectivity index (χ1) is 13.7. The van der Waals surface area contributed by atoms with Crippen LogP contribution < -0.4 is 14.4 Å². The molecule has 1 amide bonds. The zero-order valence-electron chi connectivity index (χ0n) is 16.5. The number of hydrogen-bond acceptors (Lipinski definition) is 4. The standard InChI is InChI=1S/C20H24Cl2N2O4S/c1-4-15(5-2)23-20(25)13-24(17-8-6-7-9-18(17)28-3)29(26,27)19-12-14(21)10-11-16(19)22/h6-12,15H,4-5,13H2,1-3H3,(H,23,25). The molecule has 2 aromatic carbocycles. The molecule has 0 saturated heterocycles. The lowest BCUT2D eigenvalue weighted by atomic mass is 10.2. The Hall–Kier alpha value is -1.96. The fourth-order valence-corrected chi connectivity index (χ4v) is 5.00. The summed E-state index contributed by atoms with van der Waals surface area (Å²) in [5.41, 5.74) is 0.228. The molecule has 0 heterocycles. The lowest BCUT2D eigenvalue weighted by molar-refractivity contribution is -0.120. The van der Waals surface area contributed by atoms with Gasteiger partial charge in [0.2, 0.25) is 5.91 Å². The maximum absolute atomic E-state index is 13.5. The SMILES string of the molecule is CCC(CC)NC(=O)CN(c1ccccc1OC)S(=O)(=O)c1cc(Cl)ccc1Cl. The number of carbonyl (C=O) groups is 1. The summed E-state index contributed by atoms with van der Waals surface area (Å²) < 4.78 is 33.3. The number of anilines is 1. The first-order valence-electron chi connectivity index (χ1n) is 9.14. The summed E-state index contributed by atoms with van der Waals surface area (Å²) in [4.78, 5) is 12.5. The Morgan fingerprint density at radius 3 is 2.41 bits per heavy atom. The molecule has 2 rings (SSSR count). The Kier molecular flexibility index (Phi) is 8.19. The van der Waals surface area contributed by atoms with E-state index in [2.05, 4.69) is 5.32 Å². The van der Waals surface area contributed by atoms with E-state index in [0.717, 1.165) is 17.1 Å². The average Bonchev–Trinajstić information content (AvgIpc) is 2.71. The molecule has 6 nitrogen and oxygen atoms in total. The van der Waals surface area contributed by atoms with Gasteiger partial charge in [-0.3, -0.25) is 9.10 Å². The van der Waals surface area contributed by atoms with E-state index in [1.807, 2.05) is 13.8 Å². The van der Waals surface area contributed by atoms with Crippen molar-refractivity contribution in [1.82, 2.24) is 5.32 Å². The first kappa shape index (κ1) is 23.3. The quantitative estimate of drug-likeness (QED) is 0.599. The number of nitrogens with zero attached hydrogens (tertiary/aromatic N) is 1. The molecule has 0 atom stereocenters. The number of ether oxygens (including phenoxy) is 1. The van der Waals surface area contributed by atoms with Crippen molar-refractivity contribution in [1.29, 1.82) is 0 Å². The molecule has 0 aliphatic rings. The molecule has 0 bridgehead atoms. The van der Waals surface area contributed by atoms with Gasteiger partial charge >= 0.3 is 0 Å². The molecule has 1 N–H and O–H groups in total. The molecule has 0 spiro atoms. The normalized spacial score (nSPS) is 11.4. The van der Waals surface area contributed by atoms with Gasteiger partial charge in [-0.2, -0.15) is 0 Å². The number of halogens is 2. The van der Waals surface area contributed by atoms with Gasteiger partial charge in [-0.1, -0.05) is 49.2 Å². The van der Waals surface area contributed by atoms with Crippen molar-refractivity contribution >= 4 is 44.8 Å². The minimum atomic E-state index is -4.21. The number of para-hydroxylation sites is 2. The number of sulfonamides is 1. The molecular formula is C20H24Cl2N2O4S. The summed E-state index contributed by atoms with van der Waals surface area (Å²) in [5, 5.41) is 3.08. The van der Waals surface area contributed by atoms with E-state index in [0.29, 0.717) is 5.75 Å². The smallest absolute Gasteiger partial charge is 0.266 e. The number of amides is 1. The highest BCUT2D eigenvalue weighted by molar-refractivity contribution is 7.93. The van der Waals surface area contributed by atoms with E-state index in [4.69, 9.17) is 27.9 Å². The van der Waals surface area contributed by atoms with Gasteiger partial charge in [0.15, 0.2) is 0 Å². The topological polar surface area (TPSA) is 75.7 Å². The van der Waals surface area contributed by atoms with Gasteiger partial charge in [0.25, 0.3) is 10.0 Å². The van der Waals surface area contributed by atoms with Crippen LogP contribution in [0.5, 0.6) is 5.75 Å². The number of methoxy groups -OCH3 is 1. The highest BCUT2D eigenvalue weighted by Gasteiger charge is 2.31. The summed E-state index contributed by atoms with van der Waals surface area (Å²) in [6.45, 7) is 3.48. The van der Waals surface area contributed by atoms with E-state index in [9.17, 15) is 13.2 Å². The van der Waals surface area contributed by atoms with Crippen LogP contribution in [0, 0.1) is 0 Å². The van der Waals surface area contributed by atoms with Gasteiger partial charge in [-0.25, -0.2) is 8.42 Å². The number of carbonyl (C=O) groups excluding carboxylic acids is 1. The van der Waals surface area contributed by atoms with Gasteiger partial charge < -0.3 is 10.1 Å². The third kappa shape index (κ3) is 5.56. The highest BCUT2D eigenvalue weighted by Crippen LogP contribution is 2.35. The first-order valence-corrected chi connectivity index (χ1v) is 11.3. The Morgan fingerprint density at radius 1 is 1.14 bits per heavy atom. The zero-order valence-corrected chi connectivity index (χ0v) is 18.8. The molecule has 2 aromatic rings. The van der Waals surface area contributed by atoms with Crippen LogP contribution >= 0.6 is 23.2 Å². The van der Waals surface area contributed by atoms with E-state index in [-0.39, 0.29) is 26.7 Å². The Labute approximate surface area is 181 Å². The van der Waals surface area contributed by atoms with Crippen molar-refractivity contribution < 1.29 is 17.9 Å². The van der Waals surface area contributed by atoms with Crippen molar-refractivity contribution in [2.45, 2.75) is 37.6 Å². The Bertz CT molecular complexity index is 963. The number of rotatable bonds is 9. The second kappa shape index (κ2) is 10.2. The third-order valence-corrected chi connectivity index (χ3v) is 6.93. The lowest BCUT2D eigenvalue weighted by Crippen LogP contribution is -2.44. The maximum Gasteiger partial charge on any atom is 0.266 e.